The Bertz CT molecular complexity index is 472. The minimum atomic E-state index is -3.26. The van der Waals surface area contributed by atoms with Gasteiger partial charge < -0.3 is 5.32 Å². The lowest BCUT2D eigenvalue weighted by Crippen LogP contribution is -2.51. The van der Waals surface area contributed by atoms with Crippen LogP contribution in [0.2, 0.25) is 0 Å². The summed E-state index contributed by atoms with van der Waals surface area (Å²) in [4.78, 5) is 1.03. The fourth-order valence-electron chi connectivity index (χ4n) is 1.79. The fraction of sp³-hybridized carbons (Fsp3) is 0.600. The smallest absolute Gasteiger partial charge is 0.252 e. The van der Waals surface area contributed by atoms with Gasteiger partial charge >= 0.3 is 0 Å². The van der Waals surface area contributed by atoms with Crippen LogP contribution < -0.4 is 5.32 Å². The number of hydrogen-bond donors (Lipinski definition) is 1. The molecule has 0 radical (unpaired) electrons. The van der Waals surface area contributed by atoms with Gasteiger partial charge in [0.25, 0.3) is 10.0 Å². The van der Waals surface area contributed by atoms with Gasteiger partial charge in [0.15, 0.2) is 0 Å². The molecule has 98 valence electrons. The number of nitrogens with zero attached hydrogens (tertiary/aromatic N) is 1. The average Bonchev–Trinajstić information content (AvgIpc) is 2.65. The summed E-state index contributed by atoms with van der Waals surface area (Å²) in [5.41, 5.74) is 0. The Hall–Kier alpha value is -0.140. The van der Waals surface area contributed by atoms with Crippen molar-refractivity contribution in [2.45, 2.75) is 24.1 Å². The maximum atomic E-state index is 12.3. The molecule has 1 saturated heterocycles. The summed E-state index contributed by atoms with van der Waals surface area (Å²) in [5, 5.41) is 3.24. The molecule has 0 bridgehead atoms. The molecule has 1 aliphatic heterocycles. The molecule has 17 heavy (non-hydrogen) atoms. The Kier molecular flexibility index (Phi) is 4.97. The van der Waals surface area contributed by atoms with E-state index in [1.165, 1.54) is 11.3 Å². The third kappa shape index (κ3) is 3.20. The molecule has 0 spiro atoms. The highest BCUT2D eigenvalue weighted by Gasteiger charge is 2.29. The van der Waals surface area contributed by atoms with E-state index in [0.717, 1.165) is 11.4 Å². The van der Waals surface area contributed by atoms with Gasteiger partial charge in [0.1, 0.15) is 4.21 Å². The molecular formula is C10H17ClN2O2S2. The lowest BCUT2D eigenvalue weighted by molar-refractivity contribution is 0.311. The van der Waals surface area contributed by atoms with Crippen LogP contribution in [0.1, 0.15) is 11.8 Å². The summed E-state index contributed by atoms with van der Waals surface area (Å²) >= 11 is 1.34. The molecule has 1 aliphatic rings. The number of nitrogens with one attached hydrogen (secondary N) is 1. The minimum Gasteiger partial charge on any atom is -0.312 e. The Labute approximate surface area is 112 Å². The standard InChI is InChI=1S/C10H16N2O2S2.ClH/c1-8-7-12(6-5-11-8)16(13,14)10-4-3-9(2)15-10;/h3-4,8,11H,5-7H2,1-2H3;1H/t8-;/m1./s1. The van der Waals surface area contributed by atoms with Crippen molar-refractivity contribution in [1.82, 2.24) is 9.62 Å². The molecule has 0 saturated carbocycles. The Balaban J connectivity index is 0.00000144. The zero-order chi connectivity index (χ0) is 11.8. The number of halogens is 1. The van der Waals surface area contributed by atoms with Crippen molar-refractivity contribution in [3.05, 3.63) is 17.0 Å². The van der Waals surface area contributed by atoms with Gasteiger partial charge in [-0.25, -0.2) is 8.42 Å². The highest BCUT2D eigenvalue weighted by molar-refractivity contribution is 7.91. The minimum absolute atomic E-state index is 0. The topological polar surface area (TPSA) is 49.4 Å². The van der Waals surface area contributed by atoms with Crippen molar-refractivity contribution >= 4 is 33.8 Å². The van der Waals surface area contributed by atoms with Gasteiger partial charge in [-0.05, 0) is 26.0 Å². The molecule has 1 N–H and O–H groups in total. The summed E-state index contributed by atoms with van der Waals surface area (Å²) in [6.45, 7) is 5.76. The first-order valence-corrected chi connectivity index (χ1v) is 7.56. The molecule has 0 unspecified atom stereocenters. The second kappa shape index (κ2) is 5.67. The van der Waals surface area contributed by atoms with Gasteiger partial charge in [-0.15, -0.1) is 23.7 Å². The van der Waals surface area contributed by atoms with Gasteiger partial charge in [0.2, 0.25) is 0 Å². The van der Waals surface area contributed by atoms with Crippen molar-refractivity contribution < 1.29 is 8.42 Å². The quantitative estimate of drug-likeness (QED) is 0.899. The van der Waals surface area contributed by atoms with E-state index < -0.39 is 10.0 Å². The van der Waals surface area contributed by atoms with E-state index in [9.17, 15) is 8.42 Å². The largest absolute Gasteiger partial charge is 0.312 e. The van der Waals surface area contributed by atoms with Crippen molar-refractivity contribution in [3.8, 4) is 0 Å². The SMILES string of the molecule is Cc1ccc(S(=O)(=O)N2CCN[C@H](C)C2)s1.Cl. The monoisotopic (exact) mass is 296 g/mol. The van der Waals surface area contributed by atoms with Crippen LogP contribution in [0.15, 0.2) is 16.3 Å². The molecule has 2 heterocycles. The van der Waals surface area contributed by atoms with Crippen LogP contribution in [-0.2, 0) is 10.0 Å². The summed E-state index contributed by atoms with van der Waals surface area (Å²) in [6, 6.07) is 3.77. The van der Waals surface area contributed by atoms with Crippen LogP contribution in [-0.4, -0.2) is 38.4 Å². The first-order valence-electron chi connectivity index (χ1n) is 5.30. The van der Waals surface area contributed by atoms with Gasteiger partial charge in [-0.3, -0.25) is 0 Å². The number of thiophene rings is 1. The maximum absolute atomic E-state index is 12.3. The van der Waals surface area contributed by atoms with Gasteiger partial charge in [-0.2, -0.15) is 4.31 Å². The Morgan fingerprint density at radius 3 is 2.71 bits per heavy atom. The molecule has 7 heteroatoms. The average molecular weight is 297 g/mol. The first-order chi connectivity index (χ1) is 7.50. The highest BCUT2D eigenvalue weighted by Crippen LogP contribution is 2.24. The van der Waals surface area contributed by atoms with Gasteiger partial charge in [-0.1, -0.05) is 0 Å². The number of sulfonamides is 1. The highest BCUT2D eigenvalue weighted by atomic mass is 35.5. The molecule has 2 rings (SSSR count). The van der Waals surface area contributed by atoms with Crippen molar-refractivity contribution in [2.24, 2.45) is 0 Å². The van der Waals surface area contributed by atoms with Gasteiger partial charge in [0, 0.05) is 30.6 Å². The Morgan fingerprint density at radius 1 is 1.47 bits per heavy atom. The predicted molar refractivity (Wildman–Crippen MR) is 72.5 cm³/mol. The lowest BCUT2D eigenvalue weighted by Gasteiger charge is -2.30. The molecule has 1 aromatic rings. The Morgan fingerprint density at radius 2 is 2.18 bits per heavy atom. The third-order valence-corrected chi connectivity index (χ3v) is 5.97. The molecule has 0 aromatic carbocycles. The first kappa shape index (κ1) is 14.9. The van der Waals surface area contributed by atoms with Crippen LogP contribution in [0.4, 0.5) is 0 Å². The van der Waals surface area contributed by atoms with Crippen LogP contribution in [0.5, 0.6) is 0 Å². The number of aryl methyl sites for hydroxylation is 1. The van der Waals surface area contributed by atoms with E-state index in [4.69, 9.17) is 0 Å². The number of piperazine rings is 1. The lowest BCUT2D eigenvalue weighted by atomic mass is 10.3. The van der Waals surface area contributed by atoms with E-state index in [1.807, 2.05) is 19.9 Å². The molecule has 1 aromatic heterocycles. The van der Waals surface area contributed by atoms with E-state index in [2.05, 4.69) is 5.32 Å². The molecule has 0 amide bonds. The third-order valence-electron chi connectivity index (χ3n) is 2.64. The van der Waals surface area contributed by atoms with E-state index in [0.29, 0.717) is 17.3 Å². The zero-order valence-corrected chi connectivity index (χ0v) is 12.3. The van der Waals surface area contributed by atoms with E-state index >= 15 is 0 Å². The normalized spacial score (nSPS) is 22.1. The van der Waals surface area contributed by atoms with E-state index in [-0.39, 0.29) is 18.4 Å². The summed E-state index contributed by atoms with van der Waals surface area (Å²) in [5.74, 6) is 0. The second-order valence-electron chi connectivity index (χ2n) is 4.08. The number of rotatable bonds is 2. The zero-order valence-electron chi connectivity index (χ0n) is 9.84. The predicted octanol–water partition coefficient (Wildman–Crippen LogP) is 1.46. The van der Waals surface area contributed by atoms with Crippen LogP contribution >= 0.6 is 23.7 Å². The molecule has 1 fully saturated rings. The van der Waals surface area contributed by atoms with Crippen molar-refractivity contribution in [3.63, 3.8) is 0 Å². The fourth-order valence-corrected chi connectivity index (χ4v) is 4.76. The maximum Gasteiger partial charge on any atom is 0.252 e. The summed E-state index contributed by atoms with van der Waals surface area (Å²) < 4.78 is 26.5. The van der Waals surface area contributed by atoms with E-state index in [1.54, 1.807) is 10.4 Å². The molecule has 1 atom stereocenters. The second-order valence-corrected chi connectivity index (χ2v) is 7.54. The summed E-state index contributed by atoms with van der Waals surface area (Å²) in [7, 11) is -3.26. The van der Waals surface area contributed by atoms with Crippen LogP contribution in [0.25, 0.3) is 0 Å². The van der Waals surface area contributed by atoms with Crippen molar-refractivity contribution in [1.29, 1.82) is 0 Å². The molecular weight excluding hydrogens is 280 g/mol. The number of hydrogen-bond acceptors (Lipinski definition) is 4. The van der Waals surface area contributed by atoms with Crippen LogP contribution in [0.3, 0.4) is 0 Å². The molecule has 0 aliphatic carbocycles. The van der Waals surface area contributed by atoms with Gasteiger partial charge in [0.05, 0.1) is 0 Å². The molecule has 4 nitrogen and oxygen atoms in total. The summed E-state index contributed by atoms with van der Waals surface area (Å²) in [6.07, 6.45) is 0. The van der Waals surface area contributed by atoms with Crippen molar-refractivity contribution in [2.75, 3.05) is 19.6 Å². The van der Waals surface area contributed by atoms with Crippen LogP contribution in [0, 0.1) is 6.92 Å².